The number of carbonyl (C=O) groups is 2. The summed E-state index contributed by atoms with van der Waals surface area (Å²) in [7, 11) is 1.69. The average Bonchev–Trinajstić information content (AvgIpc) is 2.62. The van der Waals surface area contributed by atoms with Crippen LogP contribution in [0.5, 0.6) is 5.75 Å². The lowest BCUT2D eigenvalue weighted by Gasteiger charge is -2.27. The summed E-state index contributed by atoms with van der Waals surface area (Å²) in [6, 6.07) is 9.14. The fourth-order valence-electron chi connectivity index (χ4n) is 2.97. The van der Waals surface area contributed by atoms with Crippen LogP contribution in [0.25, 0.3) is 0 Å². The zero-order valence-corrected chi connectivity index (χ0v) is 14.5. The molecule has 4 rings (SSSR count). The number of carbonyl (C=O) groups excluding carboxylic acids is 2. The highest BCUT2D eigenvalue weighted by Crippen LogP contribution is 2.33. The number of nitrogens with zero attached hydrogens (tertiary/aromatic N) is 2. The van der Waals surface area contributed by atoms with E-state index in [9.17, 15) is 9.59 Å². The number of benzene rings is 1. The summed E-state index contributed by atoms with van der Waals surface area (Å²) in [6.07, 6.45) is 5.14. The largest absolute Gasteiger partial charge is 0.482 e. The molecule has 0 bridgehead atoms. The van der Waals surface area contributed by atoms with Crippen LogP contribution < -0.4 is 20.3 Å². The fourth-order valence-corrected chi connectivity index (χ4v) is 2.97. The van der Waals surface area contributed by atoms with Gasteiger partial charge in [0.1, 0.15) is 11.6 Å². The number of hydrogen-bond donors (Lipinski definition) is 2. The van der Waals surface area contributed by atoms with Crippen molar-refractivity contribution in [2.45, 2.75) is 25.3 Å². The number of amides is 2. The minimum atomic E-state index is -0.227. The molecular weight excluding hydrogens is 332 g/mol. The highest BCUT2D eigenvalue weighted by atomic mass is 16.5. The molecule has 0 radical (unpaired) electrons. The molecule has 7 heteroatoms. The van der Waals surface area contributed by atoms with E-state index in [4.69, 9.17) is 4.74 Å². The third kappa shape index (κ3) is 3.20. The van der Waals surface area contributed by atoms with Crippen molar-refractivity contribution >= 4 is 29.0 Å². The Morgan fingerprint density at radius 3 is 2.88 bits per heavy atom. The van der Waals surface area contributed by atoms with Crippen molar-refractivity contribution < 1.29 is 14.3 Å². The molecule has 0 atom stereocenters. The minimum absolute atomic E-state index is 0.0307. The van der Waals surface area contributed by atoms with E-state index in [-0.39, 0.29) is 18.4 Å². The molecule has 2 heterocycles. The summed E-state index contributed by atoms with van der Waals surface area (Å²) in [6.45, 7) is 0.0307. The quantitative estimate of drug-likeness (QED) is 0.884. The Bertz CT molecular complexity index is 864. The molecule has 1 fully saturated rings. The number of ether oxygens (including phenoxy) is 1. The highest BCUT2D eigenvalue weighted by molar-refractivity contribution is 6.05. The number of pyridine rings is 1. The summed E-state index contributed by atoms with van der Waals surface area (Å²) >= 11 is 0. The molecule has 2 aromatic rings. The number of fused-ring (bicyclic) bond motifs is 1. The van der Waals surface area contributed by atoms with Gasteiger partial charge in [-0.25, -0.2) is 4.98 Å². The van der Waals surface area contributed by atoms with Gasteiger partial charge in [-0.05, 0) is 49.6 Å². The standard InChI is InChI=1S/C19H20N4O3/c1-23-15-10-14(5-6-16(15)26-11-18(23)24)22-19(25)12-7-8-20-17(9-12)21-13-3-2-4-13/h5-10,13H,2-4,11H2,1H3,(H,20,21)(H,22,25). The number of likely N-dealkylation sites (N-methyl/N-ethyl adjacent to an activating group) is 1. The molecule has 134 valence electrons. The second-order valence-corrected chi connectivity index (χ2v) is 6.58. The number of nitrogens with one attached hydrogen (secondary N) is 2. The second-order valence-electron chi connectivity index (χ2n) is 6.58. The van der Waals surface area contributed by atoms with Crippen LogP contribution in [0.4, 0.5) is 17.2 Å². The smallest absolute Gasteiger partial charge is 0.264 e. The van der Waals surface area contributed by atoms with Crippen LogP contribution >= 0.6 is 0 Å². The Kier molecular flexibility index (Phi) is 4.20. The number of rotatable bonds is 4. The molecule has 26 heavy (non-hydrogen) atoms. The first-order chi connectivity index (χ1) is 12.6. The lowest BCUT2D eigenvalue weighted by Crippen LogP contribution is -2.35. The van der Waals surface area contributed by atoms with Gasteiger partial charge in [0.2, 0.25) is 0 Å². The van der Waals surface area contributed by atoms with E-state index in [0.717, 1.165) is 12.8 Å². The molecule has 1 aliphatic heterocycles. The van der Waals surface area contributed by atoms with Crippen molar-refractivity contribution in [2.75, 3.05) is 29.2 Å². The van der Waals surface area contributed by atoms with E-state index in [1.807, 2.05) is 0 Å². The van der Waals surface area contributed by atoms with Crippen LogP contribution in [-0.2, 0) is 4.79 Å². The van der Waals surface area contributed by atoms with Crippen molar-refractivity contribution in [2.24, 2.45) is 0 Å². The molecule has 1 aromatic carbocycles. The van der Waals surface area contributed by atoms with Crippen LogP contribution in [-0.4, -0.2) is 36.5 Å². The molecule has 1 aliphatic carbocycles. The Morgan fingerprint density at radius 1 is 1.27 bits per heavy atom. The zero-order chi connectivity index (χ0) is 18.1. The summed E-state index contributed by atoms with van der Waals surface area (Å²) < 4.78 is 5.40. The minimum Gasteiger partial charge on any atom is -0.482 e. The summed E-state index contributed by atoms with van der Waals surface area (Å²) in [5.74, 6) is 0.990. The lowest BCUT2D eigenvalue weighted by atomic mass is 9.93. The molecule has 2 N–H and O–H groups in total. The monoisotopic (exact) mass is 352 g/mol. The molecule has 2 aliphatic rings. The highest BCUT2D eigenvalue weighted by Gasteiger charge is 2.23. The van der Waals surface area contributed by atoms with E-state index < -0.39 is 0 Å². The van der Waals surface area contributed by atoms with Crippen LogP contribution in [0.3, 0.4) is 0 Å². The molecule has 1 saturated carbocycles. The molecule has 2 amide bonds. The van der Waals surface area contributed by atoms with Crippen molar-refractivity contribution in [1.82, 2.24) is 4.98 Å². The maximum absolute atomic E-state index is 12.6. The predicted octanol–water partition coefficient (Wildman–Crippen LogP) is 2.65. The molecular formula is C19H20N4O3. The van der Waals surface area contributed by atoms with E-state index in [1.54, 1.807) is 43.6 Å². The van der Waals surface area contributed by atoms with Crippen molar-refractivity contribution in [3.05, 3.63) is 42.1 Å². The molecule has 0 unspecified atom stereocenters. The SMILES string of the molecule is CN1C(=O)COc2ccc(NC(=O)c3ccnc(NC4CCC4)c3)cc21. The predicted molar refractivity (Wildman–Crippen MR) is 98.8 cm³/mol. The second kappa shape index (κ2) is 6.67. The lowest BCUT2D eigenvalue weighted by molar-refractivity contribution is -0.120. The maximum atomic E-state index is 12.6. The van der Waals surface area contributed by atoms with Gasteiger partial charge in [0.05, 0.1) is 5.69 Å². The average molecular weight is 352 g/mol. The van der Waals surface area contributed by atoms with Gasteiger partial charge in [0.25, 0.3) is 11.8 Å². The number of hydrogen-bond acceptors (Lipinski definition) is 5. The Labute approximate surface area is 151 Å². The number of aromatic nitrogens is 1. The first-order valence-corrected chi connectivity index (χ1v) is 8.67. The Balaban J connectivity index is 1.49. The van der Waals surface area contributed by atoms with Gasteiger partial charge in [-0.2, -0.15) is 0 Å². The number of anilines is 3. The molecule has 7 nitrogen and oxygen atoms in total. The molecule has 0 saturated heterocycles. The summed E-state index contributed by atoms with van der Waals surface area (Å²) in [5.41, 5.74) is 1.77. The Hall–Kier alpha value is -3.09. The van der Waals surface area contributed by atoms with Gasteiger partial charge in [-0.3, -0.25) is 9.59 Å². The third-order valence-corrected chi connectivity index (χ3v) is 4.78. The van der Waals surface area contributed by atoms with E-state index in [2.05, 4.69) is 15.6 Å². The van der Waals surface area contributed by atoms with Gasteiger partial charge in [-0.15, -0.1) is 0 Å². The van der Waals surface area contributed by atoms with Crippen LogP contribution in [0.2, 0.25) is 0 Å². The summed E-state index contributed by atoms with van der Waals surface area (Å²) in [4.78, 5) is 30.1. The summed E-state index contributed by atoms with van der Waals surface area (Å²) in [5, 5.41) is 6.20. The zero-order valence-electron chi connectivity index (χ0n) is 14.5. The third-order valence-electron chi connectivity index (χ3n) is 4.78. The van der Waals surface area contributed by atoms with Gasteiger partial charge >= 0.3 is 0 Å². The van der Waals surface area contributed by atoms with Gasteiger partial charge in [0.15, 0.2) is 6.61 Å². The van der Waals surface area contributed by atoms with Crippen LogP contribution in [0.1, 0.15) is 29.6 Å². The van der Waals surface area contributed by atoms with Gasteiger partial charge in [0, 0.05) is 30.5 Å². The first-order valence-electron chi connectivity index (χ1n) is 8.67. The van der Waals surface area contributed by atoms with Crippen LogP contribution in [0, 0.1) is 0 Å². The van der Waals surface area contributed by atoms with Crippen molar-refractivity contribution in [3.8, 4) is 5.75 Å². The van der Waals surface area contributed by atoms with Crippen molar-refractivity contribution in [1.29, 1.82) is 0 Å². The molecule has 1 aromatic heterocycles. The van der Waals surface area contributed by atoms with Crippen LogP contribution in [0.15, 0.2) is 36.5 Å². The molecule has 0 spiro atoms. The van der Waals surface area contributed by atoms with E-state index >= 15 is 0 Å². The van der Waals surface area contributed by atoms with Crippen molar-refractivity contribution in [3.63, 3.8) is 0 Å². The van der Waals surface area contributed by atoms with E-state index in [1.165, 1.54) is 11.3 Å². The maximum Gasteiger partial charge on any atom is 0.264 e. The Morgan fingerprint density at radius 2 is 2.12 bits per heavy atom. The fraction of sp³-hybridized carbons (Fsp3) is 0.316. The van der Waals surface area contributed by atoms with Gasteiger partial charge < -0.3 is 20.3 Å². The topological polar surface area (TPSA) is 83.6 Å². The van der Waals surface area contributed by atoms with E-state index in [0.29, 0.717) is 34.5 Å². The normalized spacial score (nSPS) is 16.3. The first kappa shape index (κ1) is 16.4. The van der Waals surface area contributed by atoms with Gasteiger partial charge in [-0.1, -0.05) is 0 Å².